The Morgan fingerprint density at radius 3 is 2.38 bits per heavy atom. The van der Waals surface area contributed by atoms with E-state index < -0.39 is 16.1 Å². The molecule has 0 bridgehead atoms. The fourth-order valence-corrected chi connectivity index (χ4v) is 5.51. The molecule has 0 spiro atoms. The van der Waals surface area contributed by atoms with Crippen molar-refractivity contribution < 1.29 is 13.2 Å². The van der Waals surface area contributed by atoms with Crippen molar-refractivity contribution >= 4 is 33.2 Å². The van der Waals surface area contributed by atoms with Gasteiger partial charge < -0.3 is 5.32 Å². The molecule has 2 aromatic carbocycles. The Kier molecular flexibility index (Phi) is 8.57. The van der Waals surface area contributed by atoms with Gasteiger partial charge in [0.25, 0.3) is 0 Å². The number of carbonyl (C=O) groups is 1. The molecule has 0 aromatic heterocycles. The Morgan fingerprint density at radius 1 is 1.09 bits per heavy atom. The van der Waals surface area contributed by atoms with Crippen LogP contribution in [0.1, 0.15) is 43.7 Å². The van der Waals surface area contributed by atoms with Gasteiger partial charge in [0, 0.05) is 18.1 Å². The van der Waals surface area contributed by atoms with Crippen molar-refractivity contribution in [2.24, 2.45) is 0 Å². The van der Waals surface area contributed by atoms with Crippen LogP contribution in [0.5, 0.6) is 0 Å². The molecule has 1 heterocycles. The SMILES string of the molecule is CCC(C(=O)NCc1cccc(CN2CCCCC2)c1)N(c1ccc(Cl)cc1)S(C)(=O)=O. The lowest BCUT2D eigenvalue weighted by atomic mass is 10.1. The average molecular weight is 478 g/mol. The van der Waals surface area contributed by atoms with Gasteiger partial charge in [-0.1, -0.05) is 49.2 Å². The summed E-state index contributed by atoms with van der Waals surface area (Å²) in [6.07, 6.45) is 5.26. The zero-order valence-corrected chi connectivity index (χ0v) is 20.3. The number of sulfonamides is 1. The number of benzene rings is 2. The first-order chi connectivity index (χ1) is 15.3. The molecule has 6 nitrogen and oxygen atoms in total. The summed E-state index contributed by atoms with van der Waals surface area (Å²) in [5.74, 6) is -0.325. The third-order valence-corrected chi connectivity index (χ3v) is 7.16. The minimum absolute atomic E-state index is 0.325. The summed E-state index contributed by atoms with van der Waals surface area (Å²) in [6.45, 7) is 5.33. The quantitative estimate of drug-likeness (QED) is 0.588. The van der Waals surface area contributed by atoms with Gasteiger partial charge in [-0.2, -0.15) is 0 Å². The zero-order valence-electron chi connectivity index (χ0n) is 18.8. The van der Waals surface area contributed by atoms with Crippen LogP contribution in [0.25, 0.3) is 0 Å². The van der Waals surface area contributed by atoms with E-state index in [1.54, 1.807) is 31.2 Å². The van der Waals surface area contributed by atoms with Crippen molar-refractivity contribution in [3.05, 3.63) is 64.7 Å². The van der Waals surface area contributed by atoms with Gasteiger partial charge in [0.1, 0.15) is 6.04 Å². The van der Waals surface area contributed by atoms with Crippen LogP contribution in [0, 0.1) is 0 Å². The number of hydrogen-bond donors (Lipinski definition) is 1. The molecular weight excluding hydrogens is 446 g/mol. The van der Waals surface area contributed by atoms with Crippen LogP contribution in [0.15, 0.2) is 48.5 Å². The first-order valence-corrected chi connectivity index (χ1v) is 13.3. The first kappa shape index (κ1) is 24.6. The second kappa shape index (κ2) is 11.2. The largest absolute Gasteiger partial charge is 0.350 e. The van der Waals surface area contributed by atoms with E-state index in [-0.39, 0.29) is 5.91 Å². The monoisotopic (exact) mass is 477 g/mol. The number of nitrogens with zero attached hydrogens (tertiary/aromatic N) is 2. The molecule has 1 atom stereocenters. The van der Waals surface area contributed by atoms with E-state index in [1.807, 2.05) is 12.1 Å². The molecule has 1 amide bonds. The summed E-state index contributed by atoms with van der Waals surface area (Å²) >= 11 is 5.95. The van der Waals surface area contributed by atoms with Gasteiger partial charge in [-0.3, -0.25) is 14.0 Å². The molecule has 0 saturated carbocycles. The summed E-state index contributed by atoms with van der Waals surface area (Å²) in [5.41, 5.74) is 2.65. The highest BCUT2D eigenvalue weighted by atomic mass is 35.5. The highest BCUT2D eigenvalue weighted by Crippen LogP contribution is 2.24. The molecule has 2 aromatic rings. The van der Waals surface area contributed by atoms with Crippen LogP contribution in [0.4, 0.5) is 5.69 Å². The van der Waals surface area contributed by atoms with E-state index in [0.717, 1.165) is 31.5 Å². The van der Waals surface area contributed by atoms with Crippen molar-refractivity contribution in [2.45, 2.75) is 51.7 Å². The molecule has 1 aliphatic heterocycles. The smallest absolute Gasteiger partial charge is 0.244 e. The molecule has 8 heteroatoms. The molecule has 32 heavy (non-hydrogen) atoms. The van der Waals surface area contributed by atoms with Crippen LogP contribution >= 0.6 is 11.6 Å². The van der Waals surface area contributed by atoms with E-state index in [2.05, 4.69) is 22.3 Å². The van der Waals surface area contributed by atoms with Crippen molar-refractivity contribution in [2.75, 3.05) is 23.7 Å². The van der Waals surface area contributed by atoms with Crippen molar-refractivity contribution in [3.63, 3.8) is 0 Å². The molecule has 1 aliphatic rings. The molecule has 1 unspecified atom stereocenters. The molecule has 1 fully saturated rings. The predicted molar refractivity (Wildman–Crippen MR) is 130 cm³/mol. The van der Waals surface area contributed by atoms with E-state index in [4.69, 9.17) is 11.6 Å². The zero-order chi connectivity index (χ0) is 23.1. The summed E-state index contributed by atoms with van der Waals surface area (Å²) < 4.78 is 26.2. The predicted octanol–water partition coefficient (Wildman–Crippen LogP) is 4.19. The number of rotatable bonds is 9. The Labute approximate surface area is 196 Å². The first-order valence-electron chi connectivity index (χ1n) is 11.1. The summed E-state index contributed by atoms with van der Waals surface area (Å²) in [4.78, 5) is 15.5. The molecule has 0 aliphatic carbocycles. The van der Waals surface area contributed by atoms with E-state index in [1.165, 1.54) is 29.1 Å². The second-order valence-electron chi connectivity index (χ2n) is 8.33. The maximum Gasteiger partial charge on any atom is 0.244 e. The van der Waals surface area contributed by atoms with Crippen LogP contribution in [0.3, 0.4) is 0 Å². The molecule has 1 saturated heterocycles. The van der Waals surface area contributed by atoms with Crippen molar-refractivity contribution in [3.8, 4) is 0 Å². The normalized spacial score (nSPS) is 15.8. The number of piperidine rings is 1. The third-order valence-electron chi connectivity index (χ3n) is 5.72. The third kappa shape index (κ3) is 6.70. The molecule has 0 radical (unpaired) electrons. The van der Waals surface area contributed by atoms with Gasteiger partial charge >= 0.3 is 0 Å². The molecule has 1 N–H and O–H groups in total. The fourth-order valence-electron chi connectivity index (χ4n) is 4.17. The van der Waals surface area contributed by atoms with Crippen LogP contribution in [-0.2, 0) is 27.9 Å². The lowest BCUT2D eigenvalue weighted by molar-refractivity contribution is -0.122. The standard InChI is InChI=1S/C24H32ClN3O3S/c1-3-23(28(32(2,30)31)22-12-10-21(25)11-13-22)24(29)26-17-19-8-7-9-20(16-19)18-27-14-5-4-6-15-27/h7-13,16,23H,3-6,14-15,17-18H2,1-2H3,(H,26,29). The Balaban J connectivity index is 1.69. The van der Waals surface area contributed by atoms with Gasteiger partial charge in [-0.15, -0.1) is 0 Å². The van der Waals surface area contributed by atoms with Gasteiger partial charge in [-0.05, 0) is 67.7 Å². The Bertz CT molecular complexity index is 1010. The second-order valence-corrected chi connectivity index (χ2v) is 10.6. The Hall–Kier alpha value is -2.09. The topological polar surface area (TPSA) is 69.7 Å². The lowest BCUT2D eigenvalue weighted by Gasteiger charge is -2.30. The van der Waals surface area contributed by atoms with E-state index in [0.29, 0.717) is 23.7 Å². The number of halogens is 1. The highest BCUT2D eigenvalue weighted by molar-refractivity contribution is 7.92. The summed E-state index contributed by atoms with van der Waals surface area (Å²) in [6, 6.07) is 13.8. The van der Waals surface area contributed by atoms with Crippen LogP contribution in [-0.4, -0.2) is 44.6 Å². The van der Waals surface area contributed by atoms with Gasteiger partial charge in [0.05, 0.1) is 11.9 Å². The van der Waals surface area contributed by atoms with Crippen molar-refractivity contribution in [1.29, 1.82) is 0 Å². The number of likely N-dealkylation sites (tertiary alicyclic amines) is 1. The number of amides is 1. The van der Waals surface area contributed by atoms with Crippen LogP contribution < -0.4 is 9.62 Å². The maximum absolute atomic E-state index is 13.0. The molecule has 3 rings (SSSR count). The average Bonchev–Trinajstić information content (AvgIpc) is 2.77. The lowest BCUT2D eigenvalue weighted by Crippen LogP contribution is -2.49. The number of nitrogens with one attached hydrogen (secondary N) is 1. The molecular formula is C24H32ClN3O3S. The van der Waals surface area contributed by atoms with E-state index >= 15 is 0 Å². The van der Waals surface area contributed by atoms with Gasteiger partial charge in [0.15, 0.2) is 0 Å². The molecule has 174 valence electrons. The number of hydrogen-bond acceptors (Lipinski definition) is 4. The number of carbonyl (C=O) groups excluding carboxylic acids is 1. The van der Waals surface area contributed by atoms with Crippen LogP contribution in [0.2, 0.25) is 5.02 Å². The minimum Gasteiger partial charge on any atom is -0.350 e. The minimum atomic E-state index is -3.67. The highest BCUT2D eigenvalue weighted by Gasteiger charge is 2.31. The fraction of sp³-hybridized carbons (Fsp3) is 0.458. The number of anilines is 1. The summed E-state index contributed by atoms with van der Waals surface area (Å²) in [7, 11) is -3.67. The maximum atomic E-state index is 13.0. The summed E-state index contributed by atoms with van der Waals surface area (Å²) in [5, 5.41) is 3.43. The van der Waals surface area contributed by atoms with Gasteiger partial charge in [0.2, 0.25) is 15.9 Å². The Morgan fingerprint density at radius 2 is 1.75 bits per heavy atom. The van der Waals surface area contributed by atoms with Crippen molar-refractivity contribution in [1.82, 2.24) is 10.2 Å². The van der Waals surface area contributed by atoms with Gasteiger partial charge in [-0.25, -0.2) is 8.42 Å². The van der Waals surface area contributed by atoms with E-state index in [9.17, 15) is 13.2 Å².